The Morgan fingerprint density at radius 1 is 1.00 bits per heavy atom. The zero-order chi connectivity index (χ0) is 3.58. The van der Waals surface area contributed by atoms with Crippen molar-refractivity contribution in [2.75, 3.05) is 0 Å². The third kappa shape index (κ3) is 204. The van der Waals surface area contributed by atoms with Gasteiger partial charge in [0, 0.05) is 0 Å². The fourth-order valence-corrected chi connectivity index (χ4v) is 0. The molecule has 0 aliphatic carbocycles. The zero-order valence-electron chi connectivity index (χ0n) is 2.39. The molecule has 42 valence electrons. The molecule has 0 aromatic heterocycles. The summed E-state index contributed by atoms with van der Waals surface area (Å²) in [6.45, 7) is 0. The summed E-state index contributed by atoms with van der Waals surface area (Å²) in [6.07, 6.45) is 0. The molecule has 0 spiro atoms. The standard InChI is InChI=1S/Ag.BF3.FH/c;2-1(3)4;/h;;1H/q+1;;/p-1. The summed E-state index contributed by atoms with van der Waals surface area (Å²) >= 11 is 0. The van der Waals surface area contributed by atoms with E-state index in [1.54, 1.807) is 0 Å². The average Bonchev–Trinajstić information content (AvgIpc) is 0.811. The maximum Gasteiger partial charge on any atom is 1.00 e. The summed E-state index contributed by atoms with van der Waals surface area (Å²) in [5.41, 5.74) is 0. The van der Waals surface area contributed by atoms with Gasteiger partial charge in [0.05, 0.1) is 0 Å². The van der Waals surface area contributed by atoms with Crippen LogP contribution < -0.4 is 4.70 Å². The zero-order valence-corrected chi connectivity index (χ0v) is 3.87. The minimum atomic E-state index is -3.67. The maximum atomic E-state index is 9.67. The summed E-state index contributed by atoms with van der Waals surface area (Å²) in [5, 5.41) is 0. The van der Waals surface area contributed by atoms with E-state index in [2.05, 4.69) is 0 Å². The molecule has 0 unspecified atom stereocenters. The molecule has 0 amide bonds. The van der Waals surface area contributed by atoms with Crippen LogP contribution in [0.15, 0.2) is 0 Å². The van der Waals surface area contributed by atoms with Crippen molar-refractivity contribution in [3.05, 3.63) is 0 Å². The van der Waals surface area contributed by atoms with Gasteiger partial charge in [-0.2, -0.15) is 0 Å². The van der Waals surface area contributed by atoms with E-state index >= 15 is 0 Å². The second kappa shape index (κ2) is 9.10. The van der Waals surface area contributed by atoms with Crippen LogP contribution in [0.3, 0.4) is 0 Å². The normalized spacial score (nSPS) is 4.50. The van der Waals surface area contributed by atoms with Crippen molar-refractivity contribution in [2.45, 2.75) is 0 Å². The molecule has 6 heteroatoms. The molecule has 0 nitrogen and oxygen atoms in total. The van der Waals surface area contributed by atoms with Gasteiger partial charge in [-0.25, -0.2) is 0 Å². The quantitative estimate of drug-likeness (QED) is 0.306. The predicted octanol–water partition coefficient (Wildman–Crippen LogP) is -2.12. The van der Waals surface area contributed by atoms with Crippen molar-refractivity contribution in [1.29, 1.82) is 0 Å². The molecule has 0 aliphatic heterocycles. The Labute approximate surface area is 48.2 Å². The van der Waals surface area contributed by atoms with Crippen molar-refractivity contribution in [3.63, 3.8) is 0 Å². The molecule has 0 rings (SSSR count). The Bertz CT molecular complexity index is 12.3. The summed E-state index contributed by atoms with van der Waals surface area (Å²) in [4.78, 5) is 0. The van der Waals surface area contributed by atoms with Gasteiger partial charge in [-0.15, -0.1) is 0 Å². The van der Waals surface area contributed by atoms with Crippen LogP contribution in [0.4, 0.5) is 12.9 Å². The van der Waals surface area contributed by atoms with Gasteiger partial charge in [-0.3, -0.25) is 12.9 Å². The van der Waals surface area contributed by atoms with E-state index in [0.29, 0.717) is 0 Å². The van der Waals surface area contributed by atoms with E-state index in [4.69, 9.17) is 0 Å². The molecule has 0 fully saturated rings. The fraction of sp³-hybridized carbons (Fsp3) is 0. The van der Waals surface area contributed by atoms with Crippen molar-refractivity contribution >= 4 is 7.54 Å². The molecular formula is AgBF4. The van der Waals surface area contributed by atoms with Crippen molar-refractivity contribution in [1.82, 2.24) is 0 Å². The molecule has 0 aromatic carbocycles. The molecule has 0 atom stereocenters. The third-order valence-corrected chi connectivity index (χ3v) is 0. The molecule has 0 saturated carbocycles. The summed E-state index contributed by atoms with van der Waals surface area (Å²) in [6, 6.07) is 0. The third-order valence-electron chi connectivity index (χ3n) is 0. The van der Waals surface area contributed by atoms with Crippen molar-refractivity contribution in [3.8, 4) is 0 Å². The molecule has 0 bridgehead atoms. The van der Waals surface area contributed by atoms with Gasteiger partial charge in [0.25, 0.3) is 0 Å². The summed E-state index contributed by atoms with van der Waals surface area (Å²) in [5.74, 6) is 0. The van der Waals surface area contributed by atoms with Gasteiger partial charge in [0.2, 0.25) is 0 Å². The minimum Gasteiger partial charge on any atom is -1.00 e. The Morgan fingerprint density at radius 2 is 1.00 bits per heavy atom. The molecule has 0 saturated heterocycles. The first kappa shape index (κ1) is 16.0. The number of hydrogen-bond acceptors (Lipinski definition) is 0. The van der Waals surface area contributed by atoms with Crippen molar-refractivity contribution < 1.29 is 40.0 Å². The van der Waals surface area contributed by atoms with Gasteiger partial charge in [0.1, 0.15) is 0 Å². The topological polar surface area (TPSA) is 0 Å². The van der Waals surface area contributed by atoms with E-state index in [0.717, 1.165) is 0 Å². The van der Waals surface area contributed by atoms with Crippen LogP contribution in [-0.2, 0) is 22.4 Å². The van der Waals surface area contributed by atoms with Crippen LogP contribution in [0.2, 0.25) is 0 Å². The van der Waals surface area contributed by atoms with Crippen LogP contribution in [0.25, 0.3) is 0 Å². The Balaban J connectivity index is -0.0000000450. The summed E-state index contributed by atoms with van der Waals surface area (Å²) in [7, 11) is -3.67. The molecule has 0 aromatic rings. The van der Waals surface area contributed by atoms with E-state index < -0.39 is 7.54 Å². The molecule has 0 N–H and O–H groups in total. The van der Waals surface area contributed by atoms with Crippen LogP contribution in [0.5, 0.6) is 0 Å². The van der Waals surface area contributed by atoms with E-state index in [-0.39, 0.29) is 27.1 Å². The van der Waals surface area contributed by atoms with Gasteiger partial charge in [-0.05, 0) is 0 Å². The monoisotopic (exact) mass is 194 g/mol. The number of hydrogen-bond donors (Lipinski definition) is 0. The van der Waals surface area contributed by atoms with Gasteiger partial charge >= 0.3 is 29.9 Å². The largest absolute Gasteiger partial charge is 1.00 e. The predicted molar refractivity (Wildman–Crippen MR) is 9.08 cm³/mol. The van der Waals surface area contributed by atoms with E-state index in [1.807, 2.05) is 0 Å². The molecular weight excluding hydrogens is 195 g/mol. The summed E-state index contributed by atoms with van der Waals surface area (Å²) < 4.78 is 29.0. The second-order valence-corrected chi connectivity index (χ2v) is 0.247. The van der Waals surface area contributed by atoms with Crippen LogP contribution in [0, 0.1) is 0 Å². The Kier molecular flexibility index (Phi) is 24.3. The van der Waals surface area contributed by atoms with Gasteiger partial charge in [-0.1, -0.05) is 0 Å². The first-order chi connectivity index (χ1) is 1.73. The number of halogens is 4. The fourth-order valence-electron chi connectivity index (χ4n) is 0. The van der Waals surface area contributed by atoms with Crippen LogP contribution in [0.1, 0.15) is 0 Å². The average molecular weight is 195 g/mol. The van der Waals surface area contributed by atoms with Crippen LogP contribution >= 0.6 is 0 Å². The van der Waals surface area contributed by atoms with Gasteiger partial charge in [0.15, 0.2) is 0 Å². The first-order valence-corrected chi connectivity index (χ1v) is 0.655. The Morgan fingerprint density at radius 3 is 1.00 bits per heavy atom. The van der Waals surface area contributed by atoms with E-state index in [1.165, 1.54) is 0 Å². The van der Waals surface area contributed by atoms with Crippen molar-refractivity contribution in [2.24, 2.45) is 0 Å². The molecule has 6 heavy (non-hydrogen) atoms. The van der Waals surface area contributed by atoms with Gasteiger partial charge < -0.3 is 4.70 Å². The smallest absolute Gasteiger partial charge is 1.00 e. The minimum absolute atomic E-state index is 0. The molecule has 0 heterocycles. The maximum absolute atomic E-state index is 9.67. The second-order valence-electron chi connectivity index (χ2n) is 0.247. The van der Waals surface area contributed by atoms with Crippen LogP contribution in [-0.4, -0.2) is 7.54 Å². The molecule has 0 radical (unpaired) electrons. The Hall–Kier alpha value is 0.525. The number of rotatable bonds is 0. The SMILES string of the molecule is FB(F)F.[Ag+].[F-]. The molecule has 0 aliphatic rings. The first-order valence-electron chi connectivity index (χ1n) is 0.655. The van der Waals surface area contributed by atoms with E-state index in [9.17, 15) is 12.9 Å².